The average molecular weight is 293 g/mol. The molecule has 0 aromatic carbocycles. The van der Waals surface area contributed by atoms with Crippen molar-refractivity contribution in [2.24, 2.45) is 5.92 Å². The van der Waals surface area contributed by atoms with E-state index in [1.807, 2.05) is 0 Å². The van der Waals surface area contributed by atoms with E-state index >= 15 is 0 Å². The van der Waals surface area contributed by atoms with Gasteiger partial charge in [0.15, 0.2) is 0 Å². The second-order valence-electron chi connectivity index (χ2n) is 5.73. The lowest BCUT2D eigenvalue weighted by Crippen LogP contribution is -2.34. The van der Waals surface area contributed by atoms with Crippen molar-refractivity contribution in [3.05, 3.63) is 16.3 Å². The fourth-order valence-electron chi connectivity index (χ4n) is 2.78. The van der Waals surface area contributed by atoms with Gasteiger partial charge in [-0.15, -0.1) is 0 Å². The smallest absolute Gasteiger partial charge is 0.329 e. The van der Waals surface area contributed by atoms with Gasteiger partial charge in [0.1, 0.15) is 6.20 Å². The van der Waals surface area contributed by atoms with Crippen molar-refractivity contribution in [2.45, 2.75) is 46.1 Å². The summed E-state index contributed by atoms with van der Waals surface area (Å²) in [5.74, 6) is 1.35. The fourth-order valence-corrected chi connectivity index (χ4v) is 2.78. The second kappa shape index (κ2) is 6.69. The molecule has 2 heterocycles. The van der Waals surface area contributed by atoms with Gasteiger partial charge in [-0.3, -0.25) is 10.1 Å². The van der Waals surface area contributed by atoms with Crippen LogP contribution < -0.4 is 10.2 Å². The molecule has 0 radical (unpaired) electrons. The van der Waals surface area contributed by atoms with Crippen LogP contribution in [0.5, 0.6) is 0 Å². The molecule has 1 saturated heterocycles. The monoisotopic (exact) mass is 293 g/mol. The molecule has 1 N–H and O–H groups in total. The maximum atomic E-state index is 11.3. The molecule has 0 aliphatic carbocycles. The first kappa shape index (κ1) is 15.5. The van der Waals surface area contributed by atoms with Crippen molar-refractivity contribution in [3.8, 4) is 0 Å². The van der Waals surface area contributed by atoms with E-state index in [0.717, 1.165) is 32.4 Å². The highest BCUT2D eigenvalue weighted by molar-refractivity contribution is 5.60. The van der Waals surface area contributed by atoms with Gasteiger partial charge in [0, 0.05) is 19.1 Å². The molecule has 1 aliphatic rings. The first-order chi connectivity index (χ1) is 10.0. The minimum Gasteiger partial charge on any atom is -0.354 e. The van der Waals surface area contributed by atoms with Crippen molar-refractivity contribution in [3.63, 3.8) is 0 Å². The normalized spacial score (nSPS) is 18.3. The molecule has 1 fully saturated rings. The molecule has 1 atom stereocenters. The molecule has 7 heteroatoms. The van der Waals surface area contributed by atoms with Gasteiger partial charge in [0.2, 0.25) is 11.8 Å². The molecule has 1 aromatic heterocycles. The summed E-state index contributed by atoms with van der Waals surface area (Å²) in [6.45, 7) is 7.91. The van der Waals surface area contributed by atoms with Gasteiger partial charge >= 0.3 is 5.69 Å². The summed E-state index contributed by atoms with van der Waals surface area (Å²) in [6.07, 6.45) is 4.36. The Morgan fingerprint density at radius 2 is 2.33 bits per heavy atom. The van der Waals surface area contributed by atoms with Gasteiger partial charge in [-0.05, 0) is 25.2 Å². The van der Waals surface area contributed by atoms with E-state index in [4.69, 9.17) is 0 Å². The Balaban J connectivity index is 2.36. The third-order valence-corrected chi connectivity index (χ3v) is 3.82. The number of nitrogens with zero attached hydrogens (tertiary/aromatic N) is 4. The zero-order valence-electron chi connectivity index (χ0n) is 12.9. The molecule has 0 spiro atoms. The number of anilines is 2. The largest absolute Gasteiger partial charge is 0.354 e. The van der Waals surface area contributed by atoms with Crippen LogP contribution in [0.4, 0.5) is 17.5 Å². The predicted molar refractivity (Wildman–Crippen MR) is 82.7 cm³/mol. The first-order valence-corrected chi connectivity index (χ1v) is 7.56. The number of nitro groups is 1. The Kier molecular flexibility index (Phi) is 4.93. The number of hydrogen-bond acceptors (Lipinski definition) is 6. The van der Waals surface area contributed by atoms with Crippen LogP contribution in [0, 0.1) is 16.0 Å². The SMILES string of the molecule is CCCNc1ncc([N+](=O)[O-])c(N2CCCC2C(C)C)n1. The van der Waals surface area contributed by atoms with E-state index in [1.54, 1.807) is 0 Å². The van der Waals surface area contributed by atoms with Crippen molar-refractivity contribution in [1.82, 2.24) is 9.97 Å². The van der Waals surface area contributed by atoms with Gasteiger partial charge in [-0.25, -0.2) is 4.98 Å². The number of nitrogens with one attached hydrogen (secondary N) is 1. The van der Waals surface area contributed by atoms with Crippen LogP contribution in [0.15, 0.2) is 6.20 Å². The first-order valence-electron chi connectivity index (χ1n) is 7.56. The third-order valence-electron chi connectivity index (χ3n) is 3.82. The Morgan fingerprint density at radius 3 is 2.95 bits per heavy atom. The Morgan fingerprint density at radius 1 is 1.57 bits per heavy atom. The molecule has 0 saturated carbocycles. The van der Waals surface area contributed by atoms with Gasteiger partial charge < -0.3 is 10.2 Å². The molecule has 7 nitrogen and oxygen atoms in total. The minimum atomic E-state index is -0.394. The lowest BCUT2D eigenvalue weighted by atomic mass is 10.0. The second-order valence-corrected chi connectivity index (χ2v) is 5.73. The molecule has 21 heavy (non-hydrogen) atoms. The summed E-state index contributed by atoms with van der Waals surface area (Å²) in [7, 11) is 0. The molecule has 116 valence electrons. The molecule has 0 amide bonds. The lowest BCUT2D eigenvalue weighted by molar-refractivity contribution is -0.384. The topological polar surface area (TPSA) is 84.2 Å². The standard InChI is InChI=1S/C14H23N5O2/c1-4-7-15-14-16-9-12(19(20)21)13(17-14)18-8-5-6-11(18)10(2)3/h9-11H,4-8H2,1-3H3,(H,15,16,17). The average Bonchev–Trinajstić information content (AvgIpc) is 2.94. The maximum Gasteiger partial charge on any atom is 0.329 e. The van der Waals surface area contributed by atoms with Crippen molar-refractivity contribution < 1.29 is 4.92 Å². The molecule has 2 rings (SSSR count). The summed E-state index contributed by atoms with van der Waals surface area (Å²) in [6, 6.07) is 0.303. The quantitative estimate of drug-likeness (QED) is 0.641. The Labute approximate surface area is 124 Å². The van der Waals surface area contributed by atoms with Crippen LogP contribution in [-0.2, 0) is 0 Å². The zero-order valence-corrected chi connectivity index (χ0v) is 12.9. The Bertz CT molecular complexity index is 506. The van der Waals surface area contributed by atoms with E-state index in [-0.39, 0.29) is 5.69 Å². The molecule has 1 aliphatic heterocycles. The number of rotatable bonds is 6. The van der Waals surface area contributed by atoms with Crippen LogP contribution in [0.2, 0.25) is 0 Å². The lowest BCUT2D eigenvalue weighted by Gasteiger charge is -2.28. The summed E-state index contributed by atoms with van der Waals surface area (Å²) in [5, 5.41) is 14.4. The third kappa shape index (κ3) is 3.40. The van der Waals surface area contributed by atoms with Gasteiger partial charge in [-0.1, -0.05) is 20.8 Å². The van der Waals surface area contributed by atoms with E-state index in [0.29, 0.717) is 23.7 Å². The van der Waals surface area contributed by atoms with Gasteiger partial charge in [0.25, 0.3) is 0 Å². The molecular weight excluding hydrogens is 270 g/mol. The van der Waals surface area contributed by atoms with Gasteiger partial charge in [0.05, 0.1) is 4.92 Å². The van der Waals surface area contributed by atoms with E-state index < -0.39 is 4.92 Å². The molecule has 1 unspecified atom stereocenters. The zero-order chi connectivity index (χ0) is 15.4. The maximum absolute atomic E-state index is 11.3. The molecule has 0 bridgehead atoms. The number of hydrogen-bond donors (Lipinski definition) is 1. The van der Waals surface area contributed by atoms with Gasteiger partial charge in [-0.2, -0.15) is 4.98 Å². The van der Waals surface area contributed by atoms with Crippen molar-refractivity contribution in [2.75, 3.05) is 23.3 Å². The summed E-state index contributed by atoms with van der Waals surface area (Å²) >= 11 is 0. The van der Waals surface area contributed by atoms with E-state index in [1.165, 1.54) is 6.20 Å². The van der Waals surface area contributed by atoms with Crippen LogP contribution >= 0.6 is 0 Å². The van der Waals surface area contributed by atoms with E-state index in [9.17, 15) is 10.1 Å². The summed E-state index contributed by atoms with van der Waals surface area (Å²) < 4.78 is 0. The van der Waals surface area contributed by atoms with Crippen LogP contribution in [0.25, 0.3) is 0 Å². The number of aromatic nitrogens is 2. The van der Waals surface area contributed by atoms with Crippen molar-refractivity contribution >= 4 is 17.5 Å². The highest BCUT2D eigenvalue weighted by Crippen LogP contribution is 2.34. The predicted octanol–water partition coefficient (Wildman–Crippen LogP) is 2.83. The van der Waals surface area contributed by atoms with Crippen LogP contribution in [0.3, 0.4) is 0 Å². The summed E-state index contributed by atoms with van der Waals surface area (Å²) in [4.78, 5) is 21.4. The Hall–Kier alpha value is -1.92. The molecular formula is C14H23N5O2. The highest BCUT2D eigenvalue weighted by atomic mass is 16.6. The summed E-state index contributed by atoms with van der Waals surface area (Å²) in [5.41, 5.74) is -0.00963. The van der Waals surface area contributed by atoms with Crippen molar-refractivity contribution in [1.29, 1.82) is 0 Å². The fraction of sp³-hybridized carbons (Fsp3) is 0.714. The molecule has 1 aromatic rings. The van der Waals surface area contributed by atoms with E-state index in [2.05, 4.69) is 41.0 Å². The van der Waals surface area contributed by atoms with Crippen LogP contribution in [0.1, 0.15) is 40.0 Å². The van der Waals surface area contributed by atoms with Crippen LogP contribution in [-0.4, -0.2) is 34.0 Å². The highest BCUT2D eigenvalue weighted by Gasteiger charge is 2.33. The minimum absolute atomic E-state index is 0.00963.